The smallest absolute Gasteiger partial charge is 0.217 e. The summed E-state index contributed by atoms with van der Waals surface area (Å²) in [6.45, 7) is -0.977. The Morgan fingerprint density at radius 2 is 1.41 bits per heavy atom. The van der Waals surface area contributed by atoms with Crippen LogP contribution in [0.1, 0.15) is 6.92 Å². The quantitative estimate of drug-likeness (QED) is 0.128. The number of rotatable bonds is 9. The molecular weight excluding hydrogens is 510 g/mol. The number of amides is 1. The van der Waals surface area contributed by atoms with Gasteiger partial charge < -0.3 is 80.1 Å². The van der Waals surface area contributed by atoms with Crippen molar-refractivity contribution in [3.05, 3.63) is 0 Å². The lowest BCUT2D eigenvalue weighted by atomic mass is 9.96. The minimum atomic E-state index is -1.79. The van der Waals surface area contributed by atoms with Gasteiger partial charge in [0.15, 0.2) is 18.9 Å². The highest BCUT2D eigenvalue weighted by atomic mass is 16.7. The number of hydrogen-bond acceptors (Lipinski definition) is 16. The fraction of sp³-hybridized carbons (Fsp3) is 0.950. The second kappa shape index (κ2) is 12.8. The van der Waals surface area contributed by atoms with Gasteiger partial charge in [0.2, 0.25) is 5.91 Å². The van der Waals surface area contributed by atoms with Gasteiger partial charge in [-0.2, -0.15) is 0 Å². The van der Waals surface area contributed by atoms with Crippen molar-refractivity contribution in [2.24, 2.45) is 0 Å². The van der Waals surface area contributed by atoms with Crippen LogP contribution in [0.2, 0.25) is 0 Å². The number of carbonyl (C=O) groups excluding carboxylic acids is 1. The van der Waals surface area contributed by atoms with Crippen LogP contribution < -0.4 is 5.32 Å². The maximum atomic E-state index is 11.6. The van der Waals surface area contributed by atoms with E-state index in [-0.39, 0.29) is 0 Å². The summed E-state index contributed by atoms with van der Waals surface area (Å²) in [5.41, 5.74) is 0. The Kier molecular flexibility index (Phi) is 10.5. The zero-order valence-corrected chi connectivity index (χ0v) is 19.7. The van der Waals surface area contributed by atoms with Crippen molar-refractivity contribution >= 4 is 5.91 Å². The van der Waals surface area contributed by atoms with Crippen LogP contribution in [0, 0.1) is 0 Å². The standard InChI is InChI=1S/C20H35NO16/c1-5(24)21-9-17(11(27)8(3-23)34-18(9)32)37-20-15(31)13(29)16(36-20)6(25)4-33-19-14(30)12(28)10(26)7(2-22)35-19/h6-20,22-23,25-32H,2-4H2,1H3,(H,21,24)/t6-,7-,8-,9-,10+,11+,12+,13-,14-,15-,16+,17-,18-,19-,20+/m1/s1. The topological polar surface area (TPSA) is 278 Å². The predicted molar refractivity (Wildman–Crippen MR) is 113 cm³/mol. The van der Waals surface area contributed by atoms with Gasteiger partial charge >= 0.3 is 0 Å². The van der Waals surface area contributed by atoms with E-state index in [1.807, 2.05) is 0 Å². The molecule has 3 fully saturated rings. The molecular formula is C20H35NO16. The van der Waals surface area contributed by atoms with Gasteiger partial charge in [-0.05, 0) is 0 Å². The van der Waals surface area contributed by atoms with Crippen molar-refractivity contribution in [1.82, 2.24) is 5.32 Å². The van der Waals surface area contributed by atoms with Crippen molar-refractivity contribution in [2.45, 2.75) is 99.0 Å². The van der Waals surface area contributed by atoms with Crippen molar-refractivity contribution < 1.29 is 79.5 Å². The summed E-state index contributed by atoms with van der Waals surface area (Å²) in [5.74, 6) is -0.623. The first-order valence-electron chi connectivity index (χ1n) is 11.6. The summed E-state index contributed by atoms with van der Waals surface area (Å²) >= 11 is 0. The van der Waals surface area contributed by atoms with Crippen molar-refractivity contribution in [1.29, 1.82) is 0 Å². The largest absolute Gasteiger partial charge is 0.394 e. The van der Waals surface area contributed by atoms with Crippen molar-refractivity contribution in [3.63, 3.8) is 0 Å². The number of nitrogens with one attached hydrogen (secondary N) is 1. The highest BCUT2D eigenvalue weighted by Crippen LogP contribution is 2.31. The van der Waals surface area contributed by atoms with Crippen molar-refractivity contribution in [3.8, 4) is 0 Å². The molecule has 15 atom stereocenters. The SMILES string of the molecule is CC(=O)N[C@@H]1[C@@H](O[C@@H]2O[C@@H]([C@H](O)CO[C@@H]3O[C@H](CO)[C@H](O)[C@H](O)[C@H]3O)[C@H](O)[C@H]2O)[C@@H](O)[C@@H](CO)O[C@H]1O. The van der Waals surface area contributed by atoms with Gasteiger partial charge in [-0.15, -0.1) is 0 Å². The molecule has 3 aliphatic rings. The van der Waals surface area contributed by atoms with E-state index in [4.69, 9.17) is 23.7 Å². The second-order valence-electron chi connectivity index (χ2n) is 9.11. The van der Waals surface area contributed by atoms with Crippen LogP contribution in [0.5, 0.6) is 0 Å². The van der Waals surface area contributed by atoms with Crippen molar-refractivity contribution in [2.75, 3.05) is 19.8 Å². The summed E-state index contributed by atoms with van der Waals surface area (Å²) in [5, 5.41) is 103. The third kappa shape index (κ3) is 6.55. The first kappa shape index (κ1) is 30.4. The Labute approximate surface area is 210 Å². The second-order valence-corrected chi connectivity index (χ2v) is 9.11. The lowest BCUT2D eigenvalue weighted by molar-refractivity contribution is -0.309. The number of hydrogen-bond donors (Lipinski definition) is 11. The van der Waals surface area contributed by atoms with E-state index < -0.39 is 118 Å². The number of carbonyl (C=O) groups is 1. The Balaban J connectivity index is 1.64. The molecule has 0 spiro atoms. The number of ether oxygens (including phenoxy) is 5. The fourth-order valence-corrected chi connectivity index (χ4v) is 4.39. The molecule has 37 heavy (non-hydrogen) atoms. The van der Waals surface area contributed by atoms with Gasteiger partial charge in [0, 0.05) is 6.92 Å². The Hall–Kier alpha value is -1.13. The molecule has 3 rings (SSSR count). The lowest BCUT2D eigenvalue weighted by Gasteiger charge is -2.43. The Bertz CT molecular complexity index is 745. The third-order valence-corrected chi connectivity index (χ3v) is 6.45. The summed E-state index contributed by atoms with van der Waals surface area (Å²) in [4.78, 5) is 11.6. The molecule has 1 amide bonds. The zero-order valence-electron chi connectivity index (χ0n) is 19.7. The molecule has 0 radical (unpaired) electrons. The highest BCUT2D eigenvalue weighted by Gasteiger charge is 2.52. The Morgan fingerprint density at radius 1 is 0.811 bits per heavy atom. The van der Waals surface area contributed by atoms with Crippen LogP contribution in [0.25, 0.3) is 0 Å². The van der Waals surface area contributed by atoms with Gasteiger partial charge in [0.05, 0.1) is 19.8 Å². The van der Waals surface area contributed by atoms with Crippen LogP contribution in [0.15, 0.2) is 0 Å². The van der Waals surface area contributed by atoms with Crippen LogP contribution in [0.4, 0.5) is 0 Å². The molecule has 3 aliphatic heterocycles. The fourth-order valence-electron chi connectivity index (χ4n) is 4.39. The summed E-state index contributed by atoms with van der Waals surface area (Å²) < 4.78 is 26.4. The van der Waals surface area contributed by atoms with Gasteiger partial charge in [-0.25, -0.2) is 0 Å². The van der Waals surface area contributed by atoms with Gasteiger partial charge in [-0.3, -0.25) is 4.79 Å². The number of aliphatic hydroxyl groups is 10. The first-order chi connectivity index (χ1) is 17.4. The van der Waals surface area contributed by atoms with E-state index in [0.29, 0.717) is 0 Å². The molecule has 0 aromatic rings. The van der Waals surface area contributed by atoms with Crippen LogP contribution >= 0.6 is 0 Å². The molecule has 0 saturated carbocycles. The average molecular weight is 545 g/mol. The molecule has 216 valence electrons. The van der Waals surface area contributed by atoms with E-state index in [1.54, 1.807) is 0 Å². The summed E-state index contributed by atoms with van der Waals surface area (Å²) in [7, 11) is 0. The maximum Gasteiger partial charge on any atom is 0.217 e. The Morgan fingerprint density at radius 3 is 2.00 bits per heavy atom. The molecule has 0 aromatic carbocycles. The van der Waals surface area contributed by atoms with Gasteiger partial charge in [-0.1, -0.05) is 0 Å². The summed E-state index contributed by atoms with van der Waals surface area (Å²) in [6.07, 6.45) is -22.5. The molecule has 0 bridgehead atoms. The molecule has 17 nitrogen and oxygen atoms in total. The molecule has 17 heteroatoms. The first-order valence-corrected chi connectivity index (χ1v) is 11.6. The van der Waals surface area contributed by atoms with Crippen LogP contribution in [-0.4, -0.2) is 169 Å². The molecule has 0 aromatic heterocycles. The molecule has 11 N–H and O–H groups in total. The minimum Gasteiger partial charge on any atom is -0.394 e. The number of aliphatic hydroxyl groups excluding tert-OH is 10. The van der Waals surface area contributed by atoms with E-state index in [2.05, 4.69) is 5.32 Å². The molecule has 0 unspecified atom stereocenters. The lowest BCUT2D eigenvalue weighted by Crippen LogP contribution is -2.65. The van der Waals surface area contributed by atoms with Crippen LogP contribution in [0.3, 0.4) is 0 Å². The van der Waals surface area contributed by atoms with E-state index >= 15 is 0 Å². The predicted octanol–water partition coefficient (Wildman–Crippen LogP) is -7.43. The van der Waals surface area contributed by atoms with Crippen LogP contribution in [-0.2, 0) is 28.5 Å². The van der Waals surface area contributed by atoms with Gasteiger partial charge in [0.1, 0.15) is 73.2 Å². The average Bonchev–Trinajstić information content (AvgIpc) is 3.14. The molecule has 3 saturated heterocycles. The molecule has 0 aliphatic carbocycles. The van der Waals surface area contributed by atoms with E-state index in [9.17, 15) is 55.9 Å². The monoisotopic (exact) mass is 545 g/mol. The third-order valence-electron chi connectivity index (χ3n) is 6.45. The maximum absolute atomic E-state index is 11.6. The normalized spacial score (nSPS) is 47.5. The summed E-state index contributed by atoms with van der Waals surface area (Å²) in [6, 6.07) is -1.36. The molecule has 3 heterocycles. The van der Waals surface area contributed by atoms with E-state index in [0.717, 1.165) is 6.92 Å². The van der Waals surface area contributed by atoms with E-state index in [1.165, 1.54) is 0 Å². The highest BCUT2D eigenvalue weighted by molar-refractivity contribution is 5.73. The zero-order chi connectivity index (χ0) is 27.6. The van der Waals surface area contributed by atoms with Gasteiger partial charge in [0.25, 0.3) is 0 Å². The minimum absolute atomic E-state index is 0.623.